The van der Waals surface area contributed by atoms with Crippen LogP contribution in [0.5, 0.6) is 5.75 Å². The smallest absolute Gasteiger partial charge is 0.325 e. The fraction of sp³-hybridized carbons (Fsp3) is 0.364. The van der Waals surface area contributed by atoms with E-state index >= 15 is 0 Å². The number of nitrogens with zero attached hydrogens (tertiary/aromatic N) is 3. The summed E-state index contributed by atoms with van der Waals surface area (Å²) in [5.74, 6) is -0.199. The van der Waals surface area contributed by atoms with E-state index in [2.05, 4.69) is 5.32 Å². The number of hydrogen-bond donors (Lipinski definition) is 1. The van der Waals surface area contributed by atoms with Gasteiger partial charge in [0.1, 0.15) is 12.3 Å². The van der Waals surface area contributed by atoms with E-state index in [4.69, 9.17) is 9.15 Å². The molecule has 5 rings (SSSR count). The van der Waals surface area contributed by atoms with Crippen molar-refractivity contribution in [2.45, 2.75) is 12.0 Å². The van der Waals surface area contributed by atoms with E-state index < -0.39 is 17.5 Å². The van der Waals surface area contributed by atoms with E-state index in [0.29, 0.717) is 43.9 Å². The molecule has 32 heavy (non-hydrogen) atoms. The Labute approximate surface area is 183 Å². The Hall–Kier alpha value is -3.82. The van der Waals surface area contributed by atoms with Crippen LogP contribution in [0.4, 0.5) is 4.79 Å². The first-order valence-electron chi connectivity index (χ1n) is 10.5. The molecular weight excluding hydrogens is 416 g/mol. The zero-order valence-corrected chi connectivity index (χ0v) is 17.3. The summed E-state index contributed by atoms with van der Waals surface area (Å²) < 4.78 is 10.8. The second-order valence-corrected chi connectivity index (χ2v) is 7.97. The Morgan fingerprint density at radius 2 is 1.75 bits per heavy atom. The molecular formula is C22H22N4O6. The van der Waals surface area contributed by atoms with Gasteiger partial charge in [0, 0.05) is 38.2 Å². The van der Waals surface area contributed by atoms with E-state index in [-0.39, 0.29) is 30.7 Å². The second kappa shape index (κ2) is 7.70. The Morgan fingerprint density at radius 3 is 2.50 bits per heavy atom. The first-order chi connectivity index (χ1) is 15.5. The van der Waals surface area contributed by atoms with Gasteiger partial charge in [-0.05, 0) is 18.2 Å². The summed E-state index contributed by atoms with van der Waals surface area (Å²) >= 11 is 0. The summed E-state index contributed by atoms with van der Waals surface area (Å²) in [6.07, 6.45) is 1.74. The van der Waals surface area contributed by atoms with Crippen molar-refractivity contribution < 1.29 is 28.3 Å². The second-order valence-electron chi connectivity index (χ2n) is 7.97. The highest BCUT2D eigenvalue weighted by Gasteiger charge is 2.55. The third kappa shape index (κ3) is 3.19. The van der Waals surface area contributed by atoms with Crippen LogP contribution < -0.4 is 10.1 Å². The predicted octanol–water partition coefficient (Wildman–Crippen LogP) is 0.794. The highest BCUT2D eigenvalue weighted by atomic mass is 16.5. The van der Waals surface area contributed by atoms with Crippen molar-refractivity contribution in [3.05, 3.63) is 54.0 Å². The molecule has 4 heterocycles. The minimum absolute atomic E-state index is 0.226. The van der Waals surface area contributed by atoms with Gasteiger partial charge in [-0.1, -0.05) is 18.2 Å². The molecule has 1 atom stereocenters. The number of rotatable bonds is 3. The van der Waals surface area contributed by atoms with Crippen molar-refractivity contribution >= 4 is 23.8 Å². The minimum atomic E-state index is -1.21. The third-order valence-electron chi connectivity index (χ3n) is 6.20. The number of carbonyl (C=O) groups excluding carboxylic acids is 4. The van der Waals surface area contributed by atoms with E-state index in [1.807, 2.05) is 0 Å². The molecule has 3 aliphatic rings. The molecule has 10 heteroatoms. The molecule has 1 N–H and O–H groups in total. The molecule has 2 fully saturated rings. The summed E-state index contributed by atoms with van der Waals surface area (Å²) in [7, 11) is 0. The molecule has 2 aromatic rings. The van der Waals surface area contributed by atoms with Crippen LogP contribution in [-0.2, 0) is 15.1 Å². The topological polar surface area (TPSA) is 112 Å². The summed E-state index contributed by atoms with van der Waals surface area (Å²) in [6.45, 7) is 1.27. The first-order valence-corrected chi connectivity index (χ1v) is 10.5. The van der Waals surface area contributed by atoms with Crippen molar-refractivity contribution in [1.82, 2.24) is 20.0 Å². The van der Waals surface area contributed by atoms with Crippen molar-refractivity contribution in [1.29, 1.82) is 0 Å². The van der Waals surface area contributed by atoms with Crippen LogP contribution in [0.15, 0.2) is 47.1 Å². The van der Waals surface area contributed by atoms with E-state index in [1.165, 1.54) is 6.26 Å². The molecule has 5 amide bonds. The average molecular weight is 438 g/mol. The van der Waals surface area contributed by atoms with Crippen LogP contribution in [0.3, 0.4) is 0 Å². The summed E-state index contributed by atoms with van der Waals surface area (Å²) in [6, 6.07) is 9.76. The van der Waals surface area contributed by atoms with Crippen molar-refractivity contribution in [2.75, 3.05) is 39.3 Å². The third-order valence-corrected chi connectivity index (χ3v) is 6.20. The number of furan rings is 1. The van der Waals surface area contributed by atoms with Crippen LogP contribution in [0.25, 0.3) is 0 Å². The lowest BCUT2D eigenvalue weighted by Crippen LogP contribution is -2.53. The molecule has 2 saturated heterocycles. The largest absolute Gasteiger partial charge is 0.493 e. The number of hydrogen-bond acceptors (Lipinski definition) is 6. The molecule has 166 valence electrons. The fourth-order valence-electron chi connectivity index (χ4n) is 4.47. The Bertz CT molecular complexity index is 1080. The average Bonchev–Trinajstić information content (AvgIpc) is 3.43. The van der Waals surface area contributed by atoms with Crippen molar-refractivity contribution in [2.24, 2.45) is 0 Å². The van der Waals surface area contributed by atoms with Gasteiger partial charge >= 0.3 is 6.03 Å². The number of fused-ring (bicyclic) bond motifs is 2. The number of piperazine rings is 1. The van der Waals surface area contributed by atoms with E-state index in [1.54, 1.807) is 46.2 Å². The van der Waals surface area contributed by atoms with Crippen LogP contribution >= 0.6 is 0 Å². The maximum Gasteiger partial charge on any atom is 0.325 e. The molecule has 0 saturated carbocycles. The highest BCUT2D eigenvalue weighted by Crippen LogP contribution is 2.40. The predicted molar refractivity (Wildman–Crippen MR) is 110 cm³/mol. The molecule has 3 aliphatic heterocycles. The molecule has 0 radical (unpaired) electrons. The van der Waals surface area contributed by atoms with Gasteiger partial charge in [0.25, 0.3) is 11.8 Å². The van der Waals surface area contributed by atoms with Gasteiger partial charge in [-0.3, -0.25) is 19.3 Å². The number of imide groups is 1. The van der Waals surface area contributed by atoms with Gasteiger partial charge in [-0.2, -0.15) is 0 Å². The minimum Gasteiger partial charge on any atom is -0.493 e. The van der Waals surface area contributed by atoms with Crippen molar-refractivity contribution in [3.8, 4) is 5.75 Å². The SMILES string of the molecule is O=C(CN1C(=O)NC2(CCOc3ccccc32)C1=O)N1CCN(C(=O)c2ccco2)CC1. The summed E-state index contributed by atoms with van der Waals surface area (Å²) in [4.78, 5) is 55.4. The molecule has 1 aromatic heterocycles. The standard InChI is InChI=1S/C22H22N4O6/c27-18(24-8-10-25(11-9-24)19(28)17-6-3-12-31-17)14-26-20(29)22(23-21(26)30)7-13-32-16-5-2-1-4-15(16)22/h1-6,12H,7-11,13-14H2,(H,23,30). The molecule has 10 nitrogen and oxygen atoms in total. The molecule has 0 bridgehead atoms. The molecule has 1 spiro atoms. The van der Waals surface area contributed by atoms with Crippen LogP contribution in [0, 0.1) is 0 Å². The maximum atomic E-state index is 13.3. The van der Waals surface area contributed by atoms with Gasteiger partial charge in [-0.15, -0.1) is 0 Å². The number of carbonyl (C=O) groups is 4. The van der Waals surface area contributed by atoms with Crippen LogP contribution in [-0.4, -0.2) is 77.8 Å². The number of benzene rings is 1. The Morgan fingerprint density at radius 1 is 1.00 bits per heavy atom. The molecule has 1 aromatic carbocycles. The highest BCUT2D eigenvalue weighted by molar-refractivity contribution is 6.09. The fourth-order valence-corrected chi connectivity index (χ4v) is 4.47. The number of amides is 5. The summed E-state index contributed by atoms with van der Waals surface area (Å²) in [5.41, 5.74) is -0.606. The normalized spacial score (nSPS) is 22.6. The zero-order chi connectivity index (χ0) is 22.3. The van der Waals surface area contributed by atoms with Gasteiger partial charge in [0.15, 0.2) is 11.3 Å². The van der Waals surface area contributed by atoms with Crippen LogP contribution in [0.1, 0.15) is 22.5 Å². The van der Waals surface area contributed by atoms with E-state index in [9.17, 15) is 19.2 Å². The van der Waals surface area contributed by atoms with Gasteiger partial charge < -0.3 is 24.3 Å². The van der Waals surface area contributed by atoms with Gasteiger partial charge in [-0.25, -0.2) is 4.79 Å². The van der Waals surface area contributed by atoms with Crippen LogP contribution in [0.2, 0.25) is 0 Å². The van der Waals surface area contributed by atoms with Gasteiger partial charge in [0.05, 0.1) is 12.9 Å². The Kier molecular flexibility index (Phi) is 4.84. The zero-order valence-electron chi connectivity index (χ0n) is 17.3. The monoisotopic (exact) mass is 438 g/mol. The lowest BCUT2D eigenvalue weighted by molar-refractivity contribution is -0.140. The first kappa shape index (κ1) is 20.1. The quantitative estimate of drug-likeness (QED) is 0.710. The number of nitrogens with one attached hydrogen (secondary N) is 1. The maximum absolute atomic E-state index is 13.3. The Balaban J connectivity index is 1.25. The number of urea groups is 1. The lowest BCUT2D eigenvalue weighted by atomic mass is 9.84. The molecule has 1 unspecified atom stereocenters. The van der Waals surface area contributed by atoms with Crippen molar-refractivity contribution in [3.63, 3.8) is 0 Å². The number of para-hydroxylation sites is 1. The summed E-state index contributed by atoms with van der Waals surface area (Å²) in [5, 5.41) is 2.79. The van der Waals surface area contributed by atoms with Gasteiger partial charge in [0.2, 0.25) is 5.91 Å². The lowest BCUT2D eigenvalue weighted by Gasteiger charge is -2.35. The number of ether oxygens (including phenoxy) is 1. The molecule has 0 aliphatic carbocycles. The van der Waals surface area contributed by atoms with E-state index in [0.717, 1.165) is 4.90 Å².